The van der Waals surface area contributed by atoms with Crippen LogP contribution in [0.1, 0.15) is 26.3 Å². The Hall–Kier alpha value is -3.22. The van der Waals surface area contributed by atoms with Crippen LogP contribution in [-0.4, -0.2) is 56.8 Å². The Morgan fingerprint density at radius 2 is 1.61 bits per heavy atom. The summed E-state index contributed by atoms with van der Waals surface area (Å²) < 4.78 is 9.86. The van der Waals surface area contributed by atoms with E-state index in [2.05, 4.69) is 60.0 Å². The van der Waals surface area contributed by atoms with Crippen molar-refractivity contribution in [1.29, 1.82) is 0 Å². The molecule has 0 aromatic heterocycles. The molecule has 3 rings (SSSR count). The van der Waals surface area contributed by atoms with Gasteiger partial charge in [-0.15, -0.1) is 0 Å². The van der Waals surface area contributed by atoms with Gasteiger partial charge in [-0.1, -0.05) is 39.0 Å². The van der Waals surface area contributed by atoms with E-state index in [4.69, 9.17) is 4.74 Å². The van der Waals surface area contributed by atoms with Crippen LogP contribution in [0.15, 0.2) is 48.5 Å². The van der Waals surface area contributed by atoms with Crippen LogP contribution < -0.4 is 15.0 Å². The molecule has 0 radical (unpaired) electrons. The summed E-state index contributed by atoms with van der Waals surface area (Å²) in [7, 11) is 1.31. The van der Waals surface area contributed by atoms with Gasteiger partial charge >= 0.3 is 12.0 Å². The van der Waals surface area contributed by atoms with Crippen LogP contribution in [0.2, 0.25) is 0 Å². The fourth-order valence-electron chi connectivity index (χ4n) is 3.57. The van der Waals surface area contributed by atoms with E-state index in [0.717, 1.165) is 13.1 Å². The van der Waals surface area contributed by atoms with E-state index in [-0.39, 0.29) is 18.1 Å². The molecule has 0 atom stereocenters. The first-order valence-electron chi connectivity index (χ1n) is 10.5. The normalized spacial score (nSPS) is 14.2. The average Bonchev–Trinajstić information content (AvgIpc) is 2.78. The highest BCUT2D eigenvalue weighted by Crippen LogP contribution is 2.32. The Morgan fingerprint density at radius 3 is 2.23 bits per heavy atom. The Labute approximate surface area is 183 Å². The Morgan fingerprint density at radius 1 is 0.968 bits per heavy atom. The van der Waals surface area contributed by atoms with Gasteiger partial charge in [-0.05, 0) is 41.3 Å². The minimum absolute atomic E-state index is 0.0673. The van der Waals surface area contributed by atoms with E-state index in [1.54, 1.807) is 24.3 Å². The maximum absolute atomic E-state index is 12.7. The minimum Gasteiger partial charge on any atom is -0.482 e. The van der Waals surface area contributed by atoms with Gasteiger partial charge < -0.3 is 24.6 Å². The number of esters is 1. The Balaban J connectivity index is 1.54. The molecule has 7 heteroatoms. The van der Waals surface area contributed by atoms with Crippen molar-refractivity contribution in [1.82, 2.24) is 4.90 Å². The number of nitrogens with one attached hydrogen (secondary N) is 1. The van der Waals surface area contributed by atoms with Crippen molar-refractivity contribution in [2.75, 3.05) is 50.1 Å². The largest absolute Gasteiger partial charge is 0.482 e. The molecule has 2 amide bonds. The standard InChI is InChI=1S/C24H31N3O4/c1-24(2,3)20-7-5-6-8-21(20)26-13-15-27(16-14-26)23(29)25-18-9-11-19(12-10-18)31-17-22(28)30-4/h5-12H,13-17H2,1-4H3,(H,25,29). The molecule has 2 aromatic rings. The van der Waals surface area contributed by atoms with Crippen molar-refractivity contribution < 1.29 is 19.1 Å². The highest BCUT2D eigenvalue weighted by molar-refractivity contribution is 5.89. The number of hydrogen-bond acceptors (Lipinski definition) is 5. The van der Waals surface area contributed by atoms with E-state index < -0.39 is 5.97 Å². The molecule has 1 saturated heterocycles. The molecule has 1 aliphatic heterocycles. The van der Waals surface area contributed by atoms with Gasteiger partial charge in [0.2, 0.25) is 0 Å². The molecule has 0 bridgehead atoms. The van der Waals surface area contributed by atoms with Crippen molar-refractivity contribution >= 4 is 23.4 Å². The van der Waals surface area contributed by atoms with Gasteiger partial charge in [0.05, 0.1) is 7.11 Å². The van der Waals surface area contributed by atoms with E-state index in [0.29, 0.717) is 24.5 Å². The lowest BCUT2D eigenvalue weighted by Gasteiger charge is -2.38. The van der Waals surface area contributed by atoms with Gasteiger partial charge in [0.1, 0.15) is 5.75 Å². The van der Waals surface area contributed by atoms with Gasteiger partial charge in [0.25, 0.3) is 0 Å². The molecule has 0 spiro atoms. The Kier molecular flexibility index (Phi) is 7.05. The lowest BCUT2D eigenvalue weighted by atomic mass is 9.85. The van der Waals surface area contributed by atoms with E-state index in [9.17, 15) is 9.59 Å². The molecule has 0 unspecified atom stereocenters. The Bertz CT molecular complexity index is 898. The summed E-state index contributed by atoms with van der Waals surface area (Å²) in [6, 6.07) is 15.3. The van der Waals surface area contributed by atoms with Crippen LogP contribution in [0.3, 0.4) is 0 Å². The number of hydrogen-bond donors (Lipinski definition) is 1. The number of ether oxygens (including phenoxy) is 2. The summed E-state index contributed by atoms with van der Waals surface area (Å²) in [5.74, 6) is 0.0937. The zero-order chi connectivity index (χ0) is 22.4. The summed E-state index contributed by atoms with van der Waals surface area (Å²) >= 11 is 0. The maximum Gasteiger partial charge on any atom is 0.343 e. The van der Waals surface area contributed by atoms with Crippen LogP contribution in [0, 0.1) is 0 Å². The van der Waals surface area contributed by atoms with Crippen LogP contribution >= 0.6 is 0 Å². The lowest BCUT2D eigenvalue weighted by molar-refractivity contribution is -0.142. The third-order valence-electron chi connectivity index (χ3n) is 5.31. The number of para-hydroxylation sites is 1. The minimum atomic E-state index is -0.443. The first kappa shape index (κ1) is 22.5. The van der Waals surface area contributed by atoms with Crippen LogP contribution in [0.5, 0.6) is 5.75 Å². The molecule has 1 fully saturated rings. The second-order valence-electron chi connectivity index (χ2n) is 8.56. The number of carbonyl (C=O) groups excluding carboxylic acids is 2. The third kappa shape index (κ3) is 5.90. The predicted octanol–water partition coefficient (Wildman–Crippen LogP) is 3.89. The number of benzene rings is 2. The second kappa shape index (κ2) is 9.73. The van der Waals surface area contributed by atoms with Crippen LogP contribution in [0.25, 0.3) is 0 Å². The highest BCUT2D eigenvalue weighted by atomic mass is 16.6. The van der Waals surface area contributed by atoms with E-state index in [1.807, 2.05) is 4.90 Å². The molecule has 1 aliphatic rings. The van der Waals surface area contributed by atoms with Crippen molar-refractivity contribution in [3.8, 4) is 5.75 Å². The summed E-state index contributed by atoms with van der Waals surface area (Å²) in [4.78, 5) is 28.0. The molecule has 0 saturated carbocycles. The smallest absolute Gasteiger partial charge is 0.343 e. The predicted molar refractivity (Wildman–Crippen MR) is 122 cm³/mol. The molecule has 7 nitrogen and oxygen atoms in total. The van der Waals surface area contributed by atoms with Crippen molar-refractivity contribution in [3.63, 3.8) is 0 Å². The number of carbonyl (C=O) groups is 2. The van der Waals surface area contributed by atoms with Crippen molar-refractivity contribution in [3.05, 3.63) is 54.1 Å². The van der Waals surface area contributed by atoms with Gasteiger partial charge in [0.15, 0.2) is 6.61 Å². The number of anilines is 2. The number of nitrogens with zero attached hydrogens (tertiary/aromatic N) is 2. The quantitative estimate of drug-likeness (QED) is 0.736. The average molecular weight is 426 g/mol. The third-order valence-corrected chi connectivity index (χ3v) is 5.31. The first-order chi connectivity index (χ1) is 14.8. The van der Waals surface area contributed by atoms with E-state index >= 15 is 0 Å². The fraction of sp³-hybridized carbons (Fsp3) is 0.417. The van der Waals surface area contributed by atoms with Crippen molar-refractivity contribution in [2.24, 2.45) is 0 Å². The molecule has 1 heterocycles. The molecule has 0 aliphatic carbocycles. The van der Waals surface area contributed by atoms with Crippen molar-refractivity contribution in [2.45, 2.75) is 26.2 Å². The molecular formula is C24H31N3O4. The molecule has 2 aromatic carbocycles. The SMILES string of the molecule is COC(=O)COc1ccc(NC(=O)N2CCN(c3ccccc3C(C)(C)C)CC2)cc1. The maximum atomic E-state index is 12.7. The molecule has 166 valence electrons. The summed E-state index contributed by atoms with van der Waals surface area (Å²) in [5.41, 5.74) is 3.31. The fourth-order valence-corrected chi connectivity index (χ4v) is 3.57. The van der Waals surface area contributed by atoms with Gasteiger partial charge in [-0.2, -0.15) is 0 Å². The summed E-state index contributed by atoms with van der Waals surface area (Å²) in [6.45, 7) is 9.42. The number of methoxy groups -OCH3 is 1. The second-order valence-corrected chi connectivity index (χ2v) is 8.56. The first-order valence-corrected chi connectivity index (χ1v) is 10.5. The zero-order valence-corrected chi connectivity index (χ0v) is 18.7. The zero-order valence-electron chi connectivity index (χ0n) is 18.7. The van der Waals surface area contributed by atoms with Gasteiger partial charge in [-0.3, -0.25) is 0 Å². The monoisotopic (exact) mass is 425 g/mol. The van der Waals surface area contributed by atoms with Gasteiger partial charge in [-0.25, -0.2) is 9.59 Å². The summed E-state index contributed by atoms with van der Waals surface area (Å²) in [5, 5.41) is 2.93. The molecule has 31 heavy (non-hydrogen) atoms. The number of amides is 2. The van der Waals surface area contributed by atoms with Gasteiger partial charge in [0, 0.05) is 37.6 Å². The topological polar surface area (TPSA) is 71.1 Å². The highest BCUT2D eigenvalue weighted by Gasteiger charge is 2.25. The molecule has 1 N–H and O–H groups in total. The lowest BCUT2D eigenvalue weighted by Crippen LogP contribution is -2.50. The molecular weight excluding hydrogens is 394 g/mol. The van der Waals surface area contributed by atoms with Crippen LogP contribution in [0.4, 0.5) is 16.2 Å². The number of urea groups is 1. The summed E-state index contributed by atoms with van der Waals surface area (Å²) in [6.07, 6.45) is 0. The number of rotatable bonds is 5. The van der Waals surface area contributed by atoms with Crippen LogP contribution in [-0.2, 0) is 14.9 Å². The number of piperazine rings is 1. The van der Waals surface area contributed by atoms with E-state index in [1.165, 1.54) is 18.4 Å².